The van der Waals surface area contributed by atoms with E-state index in [4.69, 9.17) is 9.47 Å². The van der Waals surface area contributed by atoms with Crippen molar-refractivity contribution in [3.63, 3.8) is 0 Å². The molecule has 0 aromatic heterocycles. The van der Waals surface area contributed by atoms with E-state index in [1.54, 1.807) is 55.6 Å². The summed E-state index contributed by atoms with van der Waals surface area (Å²) >= 11 is 0. The van der Waals surface area contributed by atoms with Crippen molar-refractivity contribution in [2.45, 2.75) is 25.7 Å². The standard InChI is InChI=1S/C22H24N2O5/c1-28-19-12-10-18(11-13-19)24-21(26)15-6-8-17(9-7-15)23-20(25)14-29-22(27)16-4-2-3-5-16/h6-13,16H,2-5,14H2,1H3,(H,23,25)(H,24,26). The van der Waals surface area contributed by atoms with Crippen LogP contribution in [0.1, 0.15) is 36.0 Å². The lowest BCUT2D eigenvalue weighted by atomic mass is 10.1. The second kappa shape index (κ2) is 9.73. The Balaban J connectivity index is 1.47. The van der Waals surface area contributed by atoms with Gasteiger partial charge in [-0.05, 0) is 61.4 Å². The number of rotatable bonds is 7. The molecule has 1 saturated carbocycles. The summed E-state index contributed by atoms with van der Waals surface area (Å²) in [6.07, 6.45) is 3.73. The molecule has 7 nitrogen and oxygen atoms in total. The van der Waals surface area contributed by atoms with Crippen molar-refractivity contribution in [2.75, 3.05) is 24.4 Å². The highest BCUT2D eigenvalue weighted by atomic mass is 16.5. The summed E-state index contributed by atoms with van der Waals surface area (Å²) in [4.78, 5) is 36.1. The highest BCUT2D eigenvalue weighted by molar-refractivity contribution is 6.04. The molecule has 7 heteroatoms. The van der Waals surface area contributed by atoms with Crippen LogP contribution in [-0.2, 0) is 14.3 Å². The molecule has 0 heterocycles. The van der Waals surface area contributed by atoms with E-state index in [1.165, 1.54) is 0 Å². The second-order valence-electron chi connectivity index (χ2n) is 6.90. The molecule has 0 atom stereocenters. The van der Waals surface area contributed by atoms with Gasteiger partial charge in [-0.25, -0.2) is 0 Å². The first-order valence-corrected chi connectivity index (χ1v) is 9.57. The largest absolute Gasteiger partial charge is 0.497 e. The van der Waals surface area contributed by atoms with E-state index in [0.717, 1.165) is 25.7 Å². The molecule has 0 spiro atoms. The lowest BCUT2D eigenvalue weighted by molar-refractivity contribution is -0.151. The molecule has 0 saturated heterocycles. The number of hydrogen-bond donors (Lipinski definition) is 2. The van der Waals surface area contributed by atoms with E-state index in [0.29, 0.717) is 22.7 Å². The van der Waals surface area contributed by atoms with E-state index in [1.807, 2.05) is 0 Å². The molecule has 2 aromatic rings. The topological polar surface area (TPSA) is 93.7 Å². The number of hydrogen-bond acceptors (Lipinski definition) is 5. The zero-order valence-electron chi connectivity index (χ0n) is 16.3. The zero-order chi connectivity index (χ0) is 20.6. The van der Waals surface area contributed by atoms with Gasteiger partial charge in [0, 0.05) is 16.9 Å². The minimum absolute atomic E-state index is 0.0775. The highest BCUT2D eigenvalue weighted by Crippen LogP contribution is 2.25. The van der Waals surface area contributed by atoms with Crippen molar-refractivity contribution in [3.8, 4) is 5.75 Å². The first-order chi connectivity index (χ1) is 14.0. The summed E-state index contributed by atoms with van der Waals surface area (Å²) < 4.78 is 10.2. The van der Waals surface area contributed by atoms with Gasteiger partial charge in [-0.15, -0.1) is 0 Å². The first kappa shape index (κ1) is 20.4. The van der Waals surface area contributed by atoms with E-state index < -0.39 is 5.91 Å². The Bertz CT molecular complexity index is 856. The number of ether oxygens (including phenoxy) is 2. The van der Waals surface area contributed by atoms with Gasteiger partial charge in [-0.3, -0.25) is 14.4 Å². The Kier molecular flexibility index (Phi) is 6.84. The van der Waals surface area contributed by atoms with Gasteiger partial charge in [0.1, 0.15) is 5.75 Å². The zero-order valence-corrected chi connectivity index (χ0v) is 16.3. The number of methoxy groups -OCH3 is 1. The summed E-state index contributed by atoms with van der Waals surface area (Å²) in [5, 5.41) is 5.44. The van der Waals surface area contributed by atoms with Crippen molar-refractivity contribution in [3.05, 3.63) is 54.1 Å². The van der Waals surface area contributed by atoms with Crippen LogP contribution in [0.2, 0.25) is 0 Å². The van der Waals surface area contributed by atoms with Gasteiger partial charge in [-0.1, -0.05) is 12.8 Å². The SMILES string of the molecule is COc1ccc(NC(=O)c2ccc(NC(=O)COC(=O)C3CCCC3)cc2)cc1. The maximum atomic E-state index is 12.3. The summed E-state index contributed by atoms with van der Waals surface area (Å²) in [6, 6.07) is 13.5. The molecular weight excluding hydrogens is 372 g/mol. The molecule has 0 bridgehead atoms. The normalized spacial score (nSPS) is 13.6. The monoisotopic (exact) mass is 396 g/mol. The molecule has 29 heavy (non-hydrogen) atoms. The second-order valence-corrected chi connectivity index (χ2v) is 6.90. The fourth-order valence-electron chi connectivity index (χ4n) is 3.20. The van der Waals surface area contributed by atoms with Crippen LogP contribution in [0.5, 0.6) is 5.75 Å². The molecule has 2 N–H and O–H groups in total. The molecule has 2 aromatic carbocycles. The number of amides is 2. The average Bonchev–Trinajstić information content (AvgIpc) is 3.28. The summed E-state index contributed by atoms with van der Waals surface area (Å²) in [7, 11) is 1.58. The summed E-state index contributed by atoms with van der Waals surface area (Å²) in [5.41, 5.74) is 1.62. The predicted octanol–water partition coefficient (Wildman–Crippen LogP) is 3.62. The van der Waals surface area contributed by atoms with Crippen LogP contribution in [0.15, 0.2) is 48.5 Å². The van der Waals surface area contributed by atoms with Crippen LogP contribution in [0.3, 0.4) is 0 Å². The predicted molar refractivity (Wildman–Crippen MR) is 109 cm³/mol. The quantitative estimate of drug-likeness (QED) is 0.697. The molecule has 152 valence electrons. The van der Waals surface area contributed by atoms with Crippen molar-refractivity contribution in [1.82, 2.24) is 0 Å². The summed E-state index contributed by atoms with van der Waals surface area (Å²) in [6.45, 7) is -0.310. The highest BCUT2D eigenvalue weighted by Gasteiger charge is 2.24. The lowest BCUT2D eigenvalue weighted by Crippen LogP contribution is -2.23. The van der Waals surface area contributed by atoms with Crippen LogP contribution in [0.25, 0.3) is 0 Å². The molecule has 0 aliphatic heterocycles. The third kappa shape index (κ3) is 5.81. The Morgan fingerprint density at radius 1 is 0.897 bits per heavy atom. The Hall–Kier alpha value is -3.35. The third-order valence-corrected chi connectivity index (χ3v) is 4.81. The van der Waals surface area contributed by atoms with E-state index in [9.17, 15) is 14.4 Å². The maximum absolute atomic E-state index is 12.3. The minimum Gasteiger partial charge on any atom is -0.497 e. The van der Waals surface area contributed by atoms with Crippen LogP contribution in [-0.4, -0.2) is 31.5 Å². The van der Waals surface area contributed by atoms with Gasteiger partial charge in [-0.2, -0.15) is 0 Å². The average molecular weight is 396 g/mol. The van der Waals surface area contributed by atoms with Gasteiger partial charge in [0.15, 0.2) is 6.61 Å². The van der Waals surface area contributed by atoms with E-state index >= 15 is 0 Å². The Morgan fingerprint density at radius 2 is 1.48 bits per heavy atom. The summed E-state index contributed by atoms with van der Waals surface area (Å²) in [5.74, 6) is -0.350. The van der Waals surface area contributed by atoms with Crippen molar-refractivity contribution >= 4 is 29.2 Å². The van der Waals surface area contributed by atoms with Crippen LogP contribution >= 0.6 is 0 Å². The molecule has 1 aliphatic carbocycles. The smallest absolute Gasteiger partial charge is 0.309 e. The molecule has 0 unspecified atom stereocenters. The number of carbonyl (C=O) groups excluding carboxylic acids is 3. The molecule has 2 amide bonds. The molecule has 0 radical (unpaired) electrons. The Morgan fingerprint density at radius 3 is 2.10 bits per heavy atom. The molecular formula is C22H24N2O5. The van der Waals surface area contributed by atoms with Crippen LogP contribution in [0.4, 0.5) is 11.4 Å². The van der Waals surface area contributed by atoms with Crippen molar-refractivity contribution in [2.24, 2.45) is 5.92 Å². The number of esters is 1. The fraction of sp³-hybridized carbons (Fsp3) is 0.318. The van der Waals surface area contributed by atoms with Gasteiger partial charge in [0.05, 0.1) is 13.0 Å². The molecule has 1 aliphatic rings. The maximum Gasteiger partial charge on any atom is 0.309 e. The number of benzene rings is 2. The third-order valence-electron chi connectivity index (χ3n) is 4.81. The minimum atomic E-state index is -0.410. The van der Waals surface area contributed by atoms with Gasteiger partial charge in [0.2, 0.25) is 0 Å². The van der Waals surface area contributed by atoms with Crippen molar-refractivity contribution < 1.29 is 23.9 Å². The lowest BCUT2D eigenvalue weighted by Gasteiger charge is -2.10. The van der Waals surface area contributed by atoms with Crippen LogP contribution in [0, 0.1) is 5.92 Å². The van der Waals surface area contributed by atoms with Crippen molar-refractivity contribution in [1.29, 1.82) is 0 Å². The van der Waals surface area contributed by atoms with Gasteiger partial charge in [0.25, 0.3) is 11.8 Å². The van der Waals surface area contributed by atoms with Gasteiger partial charge >= 0.3 is 5.97 Å². The Labute approximate surface area is 169 Å². The molecule has 3 rings (SSSR count). The number of carbonyl (C=O) groups is 3. The number of anilines is 2. The van der Waals surface area contributed by atoms with Crippen LogP contribution < -0.4 is 15.4 Å². The number of nitrogens with one attached hydrogen (secondary N) is 2. The molecule has 1 fully saturated rings. The fourth-order valence-corrected chi connectivity index (χ4v) is 3.20. The van der Waals surface area contributed by atoms with E-state index in [2.05, 4.69) is 10.6 Å². The van der Waals surface area contributed by atoms with Gasteiger partial charge < -0.3 is 20.1 Å². The van der Waals surface area contributed by atoms with E-state index in [-0.39, 0.29) is 24.4 Å². The first-order valence-electron chi connectivity index (χ1n) is 9.57.